The van der Waals surface area contributed by atoms with Crippen LogP contribution < -0.4 is 10.6 Å². The van der Waals surface area contributed by atoms with Gasteiger partial charge in [-0.25, -0.2) is 0 Å². The van der Waals surface area contributed by atoms with Gasteiger partial charge >= 0.3 is 0 Å². The average molecular weight is 298 g/mol. The second kappa shape index (κ2) is 6.12. The monoisotopic (exact) mass is 297 g/mol. The molecule has 92 valence electrons. The highest BCUT2D eigenvalue weighted by molar-refractivity contribution is 9.10. The molecule has 17 heavy (non-hydrogen) atoms. The van der Waals surface area contributed by atoms with Crippen molar-refractivity contribution in [2.75, 3.05) is 6.54 Å². The number of pyridine rings is 1. The zero-order valence-corrected chi connectivity index (χ0v) is 11.2. The Morgan fingerprint density at radius 2 is 2.35 bits per heavy atom. The maximum atomic E-state index is 11.7. The van der Waals surface area contributed by atoms with Gasteiger partial charge in [-0.2, -0.15) is 0 Å². The number of amides is 1. The van der Waals surface area contributed by atoms with Crippen molar-refractivity contribution >= 4 is 21.8 Å². The largest absolute Gasteiger partial charge is 0.355 e. The summed E-state index contributed by atoms with van der Waals surface area (Å²) >= 11 is 3.35. The zero-order chi connectivity index (χ0) is 12.1. The van der Waals surface area contributed by atoms with Gasteiger partial charge in [-0.1, -0.05) is 0 Å². The lowest BCUT2D eigenvalue weighted by Gasteiger charge is -2.14. The van der Waals surface area contributed by atoms with Crippen molar-refractivity contribution in [2.24, 2.45) is 0 Å². The van der Waals surface area contributed by atoms with Crippen LogP contribution in [0, 0.1) is 0 Å². The molecule has 0 spiro atoms. The fourth-order valence-electron chi connectivity index (χ4n) is 1.87. The summed E-state index contributed by atoms with van der Waals surface area (Å²) in [5.41, 5.74) is 0.949. The molecule has 5 heteroatoms. The molecular weight excluding hydrogens is 282 g/mol. The van der Waals surface area contributed by atoms with Crippen LogP contribution in [0.3, 0.4) is 0 Å². The lowest BCUT2D eigenvalue weighted by atomic mass is 10.1. The molecule has 1 atom stereocenters. The third-order valence-corrected chi connectivity index (χ3v) is 3.32. The first kappa shape index (κ1) is 12.5. The molecule has 1 aromatic rings. The van der Waals surface area contributed by atoms with Crippen LogP contribution in [0.5, 0.6) is 0 Å². The molecule has 0 aromatic carbocycles. The van der Waals surface area contributed by atoms with Crippen LogP contribution in [0.25, 0.3) is 0 Å². The van der Waals surface area contributed by atoms with E-state index in [1.165, 1.54) is 0 Å². The number of aromatic nitrogens is 1. The summed E-state index contributed by atoms with van der Waals surface area (Å²) in [6.07, 6.45) is 4.83. The smallest absolute Gasteiger partial charge is 0.237 e. The van der Waals surface area contributed by atoms with Gasteiger partial charge in [0, 0.05) is 23.8 Å². The van der Waals surface area contributed by atoms with Crippen molar-refractivity contribution in [3.05, 3.63) is 28.5 Å². The average Bonchev–Trinajstić information content (AvgIpc) is 2.54. The normalized spacial score (nSPS) is 20.8. The molecule has 0 bridgehead atoms. The van der Waals surface area contributed by atoms with Gasteiger partial charge in [0.1, 0.15) is 0 Å². The highest BCUT2D eigenvalue weighted by Crippen LogP contribution is 2.09. The molecule has 4 nitrogen and oxygen atoms in total. The first-order chi connectivity index (χ1) is 8.25. The highest BCUT2D eigenvalue weighted by Gasteiger charge is 2.19. The maximum Gasteiger partial charge on any atom is 0.237 e. The van der Waals surface area contributed by atoms with Gasteiger partial charge in [-0.3, -0.25) is 9.78 Å². The lowest BCUT2D eigenvalue weighted by molar-refractivity contribution is -0.122. The number of rotatable bonds is 3. The molecule has 2 heterocycles. The molecule has 1 fully saturated rings. The number of hydrogen-bond acceptors (Lipinski definition) is 3. The van der Waals surface area contributed by atoms with E-state index in [2.05, 4.69) is 31.5 Å². The van der Waals surface area contributed by atoms with Crippen LogP contribution >= 0.6 is 15.9 Å². The minimum atomic E-state index is -0.0806. The van der Waals surface area contributed by atoms with E-state index in [1.54, 1.807) is 6.20 Å². The van der Waals surface area contributed by atoms with Crippen molar-refractivity contribution in [1.29, 1.82) is 0 Å². The predicted molar refractivity (Wildman–Crippen MR) is 69.4 cm³/mol. The van der Waals surface area contributed by atoms with Gasteiger partial charge in [-0.15, -0.1) is 0 Å². The standard InChI is InChI=1S/C12H16BrN3O/c13-9-4-5-10(15-7-9)8-16-11-3-1-2-6-14-12(11)17/h4-5,7,11,16H,1-3,6,8H2,(H,14,17). The molecule has 1 unspecified atom stereocenters. The molecule has 2 rings (SSSR count). The topological polar surface area (TPSA) is 54.0 Å². The molecule has 1 aliphatic heterocycles. The Bertz CT molecular complexity index is 380. The number of carbonyl (C=O) groups excluding carboxylic acids is 1. The van der Waals surface area contributed by atoms with E-state index >= 15 is 0 Å². The fourth-order valence-corrected chi connectivity index (χ4v) is 2.11. The first-order valence-electron chi connectivity index (χ1n) is 5.87. The third-order valence-electron chi connectivity index (χ3n) is 2.85. The van der Waals surface area contributed by atoms with Crippen molar-refractivity contribution in [1.82, 2.24) is 15.6 Å². The van der Waals surface area contributed by atoms with Crippen LogP contribution in [-0.2, 0) is 11.3 Å². The van der Waals surface area contributed by atoms with Crippen LogP contribution in [0.4, 0.5) is 0 Å². The van der Waals surface area contributed by atoms with Crippen molar-refractivity contribution in [3.8, 4) is 0 Å². The van der Waals surface area contributed by atoms with Gasteiger partial charge in [0.05, 0.1) is 11.7 Å². The second-order valence-corrected chi connectivity index (χ2v) is 5.10. The number of halogens is 1. The zero-order valence-electron chi connectivity index (χ0n) is 9.58. The Kier molecular flexibility index (Phi) is 4.50. The molecule has 0 aliphatic carbocycles. The molecule has 1 amide bonds. The summed E-state index contributed by atoms with van der Waals surface area (Å²) < 4.78 is 0.966. The molecule has 0 radical (unpaired) electrons. The number of hydrogen-bond donors (Lipinski definition) is 2. The van der Waals surface area contributed by atoms with Gasteiger partial charge in [0.2, 0.25) is 5.91 Å². The summed E-state index contributed by atoms with van der Waals surface area (Å²) in [6, 6.07) is 3.83. The molecule has 1 aliphatic rings. The minimum absolute atomic E-state index is 0.0806. The highest BCUT2D eigenvalue weighted by atomic mass is 79.9. The SMILES string of the molecule is O=C1NCCCCC1NCc1ccc(Br)cn1. The van der Waals surface area contributed by atoms with Gasteiger partial charge in [-0.05, 0) is 47.3 Å². The third kappa shape index (κ3) is 3.78. The maximum absolute atomic E-state index is 11.7. The summed E-state index contributed by atoms with van der Waals surface area (Å²) in [5, 5.41) is 6.17. The summed E-state index contributed by atoms with van der Waals surface area (Å²) in [6.45, 7) is 1.43. The van der Waals surface area contributed by atoms with Crippen LogP contribution in [0.2, 0.25) is 0 Å². The molecule has 1 saturated heterocycles. The van der Waals surface area contributed by atoms with E-state index < -0.39 is 0 Å². The van der Waals surface area contributed by atoms with Crippen LogP contribution in [0.1, 0.15) is 25.0 Å². The van der Waals surface area contributed by atoms with E-state index in [0.29, 0.717) is 6.54 Å². The Balaban J connectivity index is 1.88. The molecule has 1 aromatic heterocycles. The summed E-state index contributed by atoms with van der Waals surface area (Å²) in [5.74, 6) is 0.111. The van der Waals surface area contributed by atoms with Crippen LogP contribution in [-0.4, -0.2) is 23.5 Å². The molecule has 2 N–H and O–H groups in total. The molecular formula is C12H16BrN3O. The predicted octanol–water partition coefficient (Wildman–Crippen LogP) is 1.60. The number of nitrogens with one attached hydrogen (secondary N) is 2. The minimum Gasteiger partial charge on any atom is -0.355 e. The second-order valence-electron chi connectivity index (χ2n) is 4.19. The summed E-state index contributed by atoms with van der Waals surface area (Å²) in [4.78, 5) is 16.0. The van der Waals surface area contributed by atoms with Crippen molar-refractivity contribution in [3.63, 3.8) is 0 Å². The lowest BCUT2D eigenvalue weighted by Crippen LogP contribution is -2.42. The van der Waals surface area contributed by atoms with E-state index in [-0.39, 0.29) is 11.9 Å². The van der Waals surface area contributed by atoms with E-state index in [0.717, 1.165) is 36.0 Å². The Morgan fingerprint density at radius 3 is 3.12 bits per heavy atom. The van der Waals surface area contributed by atoms with Gasteiger partial charge in [0.25, 0.3) is 0 Å². The van der Waals surface area contributed by atoms with E-state index in [4.69, 9.17) is 0 Å². The quantitative estimate of drug-likeness (QED) is 0.891. The van der Waals surface area contributed by atoms with Crippen molar-refractivity contribution < 1.29 is 4.79 Å². The Hall–Kier alpha value is -0.940. The summed E-state index contributed by atoms with van der Waals surface area (Å²) in [7, 11) is 0. The number of nitrogens with zero attached hydrogens (tertiary/aromatic N) is 1. The van der Waals surface area contributed by atoms with E-state index in [9.17, 15) is 4.79 Å². The van der Waals surface area contributed by atoms with Crippen molar-refractivity contribution in [2.45, 2.75) is 31.8 Å². The molecule has 0 saturated carbocycles. The fraction of sp³-hybridized carbons (Fsp3) is 0.500. The first-order valence-corrected chi connectivity index (χ1v) is 6.66. The Labute approximate surface area is 109 Å². The van der Waals surface area contributed by atoms with Gasteiger partial charge in [0.15, 0.2) is 0 Å². The van der Waals surface area contributed by atoms with Crippen LogP contribution in [0.15, 0.2) is 22.8 Å². The Morgan fingerprint density at radius 1 is 1.47 bits per heavy atom. The van der Waals surface area contributed by atoms with Gasteiger partial charge < -0.3 is 10.6 Å². The number of carbonyl (C=O) groups is 1. The van der Waals surface area contributed by atoms with E-state index in [1.807, 2.05) is 12.1 Å².